The van der Waals surface area contributed by atoms with Crippen LogP contribution in [0.5, 0.6) is 5.75 Å². The van der Waals surface area contributed by atoms with E-state index >= 15 is 0 Å². The molecular weight excluding hydrogens is 263 g/mol. The van der Waals surface area contributed by atoms with Crippen LogP contribution in [0.3, 0.4) is 0 Å². The molecule has 1 aromatic rings. The average Bonchev–Trinajstić information content (AvgIpc) is 2.14. The van der Waals surface area contributed by atoms with Gasteiger partial charge in [0, 0.05) is 6.42 Å². The Morgan fingerprint density at radius 2 is 2.20 bits per heavy atom. The zero-order valence-electron chi connectivity index (χ0n) is 8.97. The first-order valence-electron chi connectivity index (χ1n) is 4.67. The molecule has 4 heteroatoms. The lowest BCUT2D eigenvalue weighted by atomic mass is 10.0. The second-order valence-corrected chi connectivity index (χ2v) is 4.36. The summed E-state index contributed by atoms with van der Waals surface area (Å²) in [7, 11) is 1.43. The van der Waals surface area contributed by atoms with Crippen LogP contribution >= 0.6 is 15.9 Å². The monoisotopic (exact) mass is 276 g/mol. The second-order valence-electron chi connectivity index (χ2n) is 3.57. The van der Waals surface area contributed by atoms with Crippen molar-refractivity contribution in [2.75, 3.05) is 7.11 Å². The molecular formula is C11H14BrFO2. The normalized spacial score (nSPS) is 12.7. The maximum absolute atomic E-state index is 13.8. The van der Waals surface area contributed by atoms with Crippen LogP contribution in [0.15, 0.2) is 10.5 Å². The van der Waals surface area contributed by atoms with Gasteiger partial charge in [0.15, 0.2) is 11.6 Å². The lowest BCUT2D eigenvalue weighted by Gasteiger charge is -2.13. The largest absolute Gasteiger partial charge is 0.492 e. The van der Waals surface area contributed by atoms with E-state index in [0.717, 1.165) is 5.56 Å². The minimum Gasteiger partial charge on any atom is -0.492 e. The second kappa shape index (κ2) is 4.94. The number of aliphatic hydroxyl groups excluding tert-OH is 1. The Morgan fingerprint density at radius 1 is 1.60 bits per heavy atom. The number of hydrogen-bond donors (Lipinski definition) is 1. The van der Waals surface area contributed by atoms with Gasteiger partial charge in [-0.05, 0) is 40.9 Å². The molecule has 0 amide bonds. The third-order valence-electron chi connectivity index (χ3n) is 2.14. The summed E-state index contributed by atoms with van der Waals surface area (Å²) < 4.78 is 19.4. The molecule has 0 aromatic heterocycles. The third-order valence-corrected chi connectivity index (χ3v) is 3.12. The Labute approximate surface area is 97.2 Å². The highest BCUT2D eigenvalue weighted by Gasteiger charge is 2.16. The number of rotatable bonds is 3. The van der Waals surface area contributed by atoms with Gasteiger partial charge < -0.3 is 9.84 Å². The summed E-state index contributed by atoms with van der Waals surface area (Å²) in [5.41, 5.74) is 1.37. The molecule has 0 aliphatic carbocycles. The fraction of sp³-hybridized carbons (Fsp3) is 0.455. The summed E-state index contributed by atoms with van der Waals surface area (Å²) >= 11 is 3.26. The average molecular weight is 277 g/mol. The van der Waals surface area contributed by atoms with Crippen molar-refractivity contribution in [2.45, 2.75) is 26.4 Å². The predicted molar refractivity (Wildman–Crippen MR) is 60.8 cm³/mol. The standard InChI is InChI=1S/C11H14BrFO2/c1-6-4-8(5-7(2)14)10(13)11(15-3)9(6)12/h4,7,14H,5H2,1-3H3. The highest BCUT2D eigenvalue weighted by Crippen LogP contribution is 2.33. The van der Waals surface area contributed by atoms with Crippen molar-refractivity contribution in [1.29, 1.82) is 0 Å². The first kappa shape index (κ1) is 12.5. The Kier molecular flexibility index (Phi) is 4.11. The van der Waals surface area contributed by atoms with Gasteiger partial charge in [-0.2, -0.15) is 0 Å². The molecule has 15 heavy (non-hydrogen) atoms. The summed E-state index contributed by atoms with van der Waals surface area (Å²) in [5, 5.41) is 9.23. The van der Waals surface area contributed by atoms with Gasteiger partial charge in [0.05, 0.1) is 17.7 Å². The Bertz CT molecular complexity index is 364. The molecule has 0 bridgehead atoms. The van der Waals surface area contributed by atoms with E-state index in [1.807, 2.05) is 6.92 Å². The summed E-state index contributed by atoms with van der Waals surface area (Å²) in [6.07, 6.45) is -0.277. The quantitative estimate of drug-likeness (QED) is 0.920. The Balaban J connectivity index is 3.24. The lowest BCUT2D eigenvalue weighted by molar-refractivity contribution is 0.193. The van der Waals surface area contributed by atoms with Gasteiger partial charge >= 0.3 is 0 Å². The molecule has 0 spiro atoms. The Hall–Kier alpha value is -0.610. The third kappa shape index (κ3) is 2.69. The van der Waals surface area contributed by atoms with Gasteiger partial charge in [-0.15, -0.1) is 0 Å². The number of aryl methyl sites for hydroxylation is 1. The molecule has 1 unspecified atom stereocenters. The minimum absolute atomic E-state index is 0.200. The predicted octanol–water partition coefficient (Wildman–Crippen LogP) is 2.83. The van der Waals surface area contributed by atoms with Crippen LogP contribution in [0.4, 0.5) is 4.39 Å². The zero-order chi connectivity index (χ0) is 11.6. The highest BCUT2D eigenvalue weighted by atomic mass is 79.9. The summed E-state index contributed by atoms with van der Waals surface area (Å²) in [6.45, 7) is 3.49. The van der Waals surface area contributed by atoms with Gasteiger partial charge in [-0.3, -0.25) is 0 Å². The van der Waals surface area contributed by atoms with Crippen molar-refractivity contribution in [3.05, 3.63) is 27.5 Å². The van der Waals surface area contributed by atoms with Gasteiger partial charge in [0.1, 0.15) is 0 Å². The fourth-order valence-corrected chi connectivity index (χ4v) is 1.91. The van der Waals surface area contributed by atoms with E-state index in [1.165, 1.54) is 7.11 Å². The van der Waals surface area contributed by atoms with E-state index in [9.17, 15) is 9.50 Å². The van der Waals surface area contributed by atoms with Crippen LogP contribution in [-0.4, -0.2) is 18.3 Å². The van der Waals surface area contributed by atoms with E-state index in [0.29, 0.717) is 10.0 Å². The van der Waals surface area contributed by atoms with Crippen LogP contribution < -0.4 is 4.74 Å². The van der Waals surface area contributed by atoms with Crippen LogP contribution in [0.2, 0.25) is 0 Å². The number of ether oxygens (including phenoxy) is 1. The number of halogens is 2. The first-order valence-corrected chi connectivity index (χ1v) is 5.46. The molecule has 1 aromatic carbocycles. The van der Waals surface area contributed by atoms with Crippen molar-refractivity contribution in [3.63, 3.8) is 0 Å². The first-order chi connectivity index (χ1) is 6.97. The van der Waals surface area contributed by atoms with E-state index in [2.05, 4.69) is 15.9 Å². The number of hydrogen-bond acceptors (Lipinski definition) is 2. The number of aliphatic hydroxyl groups is 1. The fourth-order valence-electron chi connectivity index (χ4n) is 1.46. The minimum atomic E-state index is -0.565. The molecule has 0 radical (unpaired) electrons. The van der Waals surface area contributed by atoms with E-state index in [-0.39, 0.29) is 12.2 Å². The maximum atomic E-state index is 13.8. The van der Waals surface area contributed by atoms with Crippen molar-refractivity contribution >= 4 is 15.9 Å². The summed E-state index contributed by atoms with van der Waals surface area (Å²) in [5.74, 6) is -0.207. The smallest absolute Gasteiger partial charge is 0.169 e. The molecule has 0 saturated heterocycles. The summed E-state index contributed by atoms with van der Waals surface area (Å²) in [4.78, 5) is 0. The van der Waals surface area contributed by atoms with E-state index in [1.54, 1.807) is 13.0 Å². The molecule has 2 nitrogen and oxygen atoms in total. The van der Waals surface area contributed by atoms with Gasteiger partial charge in [-0.1, -0.05) is 6.07 Å². The van der Waals surface area contributed by atoms with Crippen LogP contribution in [0.1, 0.15) is 18.1 Å². The van der Waals surface area contributed by atoms with E-state index < -0.39 is 11.9 Å². The van der Waals surface area contributed by atoms with Crippen LogP contribution in [0, 0.1) is 12.7 Å². The molecule has 0 saturated carbocycles. The lowest BCUT2D eigenvalue weighted by Crippen LogP contribution is -2.07. The number of methoxy groups -OCH3 is 1. The maximum Gasteiger partial charge on any atom is 0.169 e. The van der Waals surface area contributed by atoms with Crippen molar-refractivity contribution < 1.29 is 14.2 Å². The highest BCUT2D eigenvalue weighted by molar-refractivity contribution is 9.10. The molecule has 1 atom stereocenters. The van der Waals surface area contributed by atoms with Crippen molar-refractivity contribution in [2.24, 2.45) is 0 Å². The van der Waals surface area contributed by atoms with Gasteiger partial charge in [0.25, 0.3) is 0 Å². The molecule has 0 aliphatic rings. The van der Waals surface area contributed by atoms with E-state index in [4.69, 9.17) is 4.74 Å². The molecule has 0 aliphatic heterocycles. The van der Waals surface area contributed by atoms with Crippen LogP contribution in [0.25, 0.3) is 0 Å². The molecule has 1 N–H and O–H groups in total. The Morgan fingerprint density at radius 3 is 2.67 bits per heavy atom. The summed E-state index contributed by atoms with van der Waals surface area (Å²) in [6, 6.07) is 1.72. The van der Waals surface area contributed by atoms with Gasteiger partial charge in [-0.25, -0.2) is 4.39 Å². The molecule has 84 valence electrons. The molecule has 0 heterocycles. The van der Waals surface area contributed by atoms with Crippen molar-refractivity contribution in [3.8, 4) is 5.75 Å². The number of benzene rings is 1. The van der Waals surface area contributed by atoms with Crippen LogP contribution in [-0.2, 0) is 6.42 Å². The van der Waals surface area contributed by atoms with Gasteiger partial charge in [0.2, 0.25) is 0 Å². The zero-order valence-corrected chi connectivity index (χ0v) is 10.6. The molecule has 1 rings (SSSR count). The topological polar surface area (TPSA) is 29.5 Å². The van der Waals surface area contributed by atoms with Crippen molar-refractivity contribution in [1.82, 2.24) is 0 Å². The molecule has 0 fully saturated rings. The SMILES string of the molecule is COc1c(F)c(CC(C)O)cc(C)c1Br.